The fourth-order valence-corrected chi connectivity index (χ4v) is 3.96. The lowest BCUT2D eigenvalue weighted by molar-refractivity contribution is 0.0168. The first-order valence-corrected chi connectivity index (χ1v) is 10.6. The monoisotopic (exact) mass is 429 g/mol. The molecule has 0 saturated carbocycles. The van der Waals surface area contributed by atoms with E-state index in [9.17, 15) is 0 Å². The van der Waals surface area contributed by atoms with E-state index < -0.39 is 0 Å². The summed E-state index contributed by atoms with van der Waals surface area (Å²) in [7, 11) is 9.27. The Morgan fingerprint density at radius 2 is 1.94 bits per heavy atom. The van der Waals surface area contributed by atoms with Crippen LogP contribution in [0.25, 0.3) is 0 Å². The number of aromatic nitrogens is 1. The Morgan fingerprint density at radius 3 is 2.55 bits per heavy atom. The van der Waals surface area contributed by atoms with Crippen LogP contribution in [0.4, 0.5) is 0 Å². The van der Waals surface area contributed by atoms with Crippen LogP contribution >= 0.6 is 0 Å². The van der Waals surface area contributed by atoms with Crippen molar-refractivity contribution >= 4 is 5.96 Å². The fourth-order valence-electron chi connectivity index (χ4n) is 3.96. The van der Waals surface area contributed by atoms with Crippen LogP contribution in [0.5, 0.6) is 11.5 Å². The maximum absolute atomic E-state index is 5.58. The zero-order chi connectivity index (χ0) is 22.2. The maximum atomic E-state index is 5.58. The Kier molecular flexibility index (Phi) is 8.20. The number of rotatable bonds is 8. The van der Waals surface area contributed by atoms with Crippen LogP contribution in [0.2, 0.25) is 0 Å². The van der Waals surface area contributed by atoms with Gasteiger partial charge in [-0.05, 0) is 29.8 Å². The summed E-state index contributed by atoms with van der Waals surface area (Å²) in [5.74, 6) is 2.33. The van der Waals surface area contributed by atoms with Gasteiger partial charge >= 0.3 is 0 Å². The average molecular weight is 430 g/mol. The van der Waals surface area contributed by atoms with Crippen molar-refractivity contribution in [1.82, 2.24) is 19.7 Å². The topological polar surface area (TPSA) is 63.5 Å². The van der Waals surface area contributed by atoms with Crippen molar-refractivity contribution in [1.29, 1.82) is 0 Å². The van der Waals surface area contributed by atoms with Gasteiger partial charge in [0.15, 0.2) is 17.5 Å². The lowest BCUT2D eigenvalue weighted by atomic mass is 10.0. The zero-order valence-electron chi connectivity index (χ0n) is 19.3. The summed E-state index contributed by atoms with van der Waals surface area (Å²) in [5.41, 5.74) is 2.41. The maximum Gasteiger partial charge on any atom is 0.193 e. The third kappa shape index (κ3) is 5.71. The summed E-state index contributed by atoms with van der Waals surface area (Å²) in [5, 5.41) is 3.58. The van der Waals surface area contributed by atoms with Gasteiger partial charge in [-0.15, -0.1) is 0 Å². The molecule has 0 radical (unpaired) electrons. The molecule has 0 aliphatic carbocycles. The first-order chi connectivity index (χ1) is 15.1. The molecule has 2 heterocycles. The molecule has 1 unspecified atom stereocenters. The molecular formula is C23H35N5O3. The van der Waals surface area contributed by atoms with Crippen LogP contribution in [-0.2, 0) is 18.3 Å². The molecule has 1 saturated heterocycles. The van der Waals surface area contributed by atoms with Gasteiger partial charge in [-0.3, -0.25) is 9.89 Å². The van der Waals surface area contributed by atoms with E-state index in [2.05, 4.69) is 69.2 Å². The van der Waals surface area contributed by atoms with Crippen LogP contribution in [0, 0.1) is 0 Å². The first-order valence-electron chi connectivity index (χ1n) is 10.6. The molecule has 0 amide bonds. The molecule has 0 bridgehead atoms. The molecular weight excluding hydrogens is 394 g/mol. The minimum absolute atomic E-state index is 0.156. The van der Waals surface area contributed by atoms with E-state index in [0.717, 1.165) is 56.9 Å². The number of guanidine groups is 1. The standard InChI is InChI=1S/C23H35N5O3/c1-24-23(27(3)17-19-7-6-10-26(19)2)25-16-20(28-11-13-31-14-12-28)18-8-9-21(29-4)22(15-18)30-5/h6-10,15,20H,11-14,16-17H2,1-5H3,(H,24,25). The quantitative estimate of drug-likeness (QED) is 0.512. The summed E-state index contributed by atoms with van der Waals surface area (Å²) in [6.45, 7) is 4.76. The highest BCUT2D eigenvalue weighted by molar-refractivity contribution is 5.79. The second kappa shape index (κ2) is 11.1. The molecule has 1 aromatic heterocycles. The van der Waals surface area contributed by atoms with Crippen molar-refractivity contribution in [2.75, 3.05) is 61.2 Å². The molecule has 8 heteroatoms. The zero-order valence-corrected chi connectivity index (χ0v) is 19.3. The van der Waals surface area contributed by atoms with E-state index in [1.54, 1.807) is 14.2 Å². The van der Waals surface area contributed by atoms with Gasteiger partial charge in [0.1, 0.15) is 0 Å². The van der Waals surface area contributed by atoms with Crippen LogP contribution in [0.1, 0.15) is 17.3 Å². The number of aliphatic imine (C=N–C) groups is 1. The largest absolute Gasteiger partial charge is 0.493 e. The van der Waals surface area contributed by atoms with Crippen LogP contribution in [0.3, 0.4) is 0 Å². The van der Waals surface area contributed by atoms with E-state index in [1.165, 1.54) is 11.3 Å². The van der Waals surface area contributed by atoms with Crippen molar-refractivity contribution in [2.24, 2.45) is 12.0 Å². The van der Waals surface area contributed by atoms with Crippen molar-refractivity contribution in [3.05, 3.63) is 47.8 Å². The SMILES string of the molecule is CN=C(NCC(c1ccc(OC)c(OC)c1)N1CCOCC1)N(C)Cc1cccn1C. The van der Waals surface area contributed by atoms with Crippen molar-refractivity contribution < 1.29 is 14.2 Å². The number of hydrogen-bond acceptors (Lipinski definition) is 5. The molecule has 1 fully saturated rings. The molecule has 170 valence electrons. The summed E-state index contributed by atoms with van der Waals surface area (Å²) >= 11 is 0. The highest BCUT2D eigenvalue weighted by atomic mass is 16.5. The van der Waals surface area contributed by atoms with Gasteiger partial charge in [0.05, 0.1) is 40.0 Å². The van der Waals surface area contributed by atoms with Gasteiger partial charge < -0.3 is 29.0 Å². The molecule has 1 atom stereocenters. The number of morpholine rings is 1. The average Bonchev–Trinajstić information content (AvgIpc) is 3.21. The summed E-state index contributed by atoms with van der Waals surface area (Å²) in [6, 6.07) is 10.5. The molecule has 8 nitrogen and oxygen atoms in total. The van der Waals surface area contributed by atoms with Gasteiger partial charge in [0.25, 0.3) is 0 Å². The Bertz CT molecular complexity index is 861. The second-order valence-electron chi connectivity index (χ2n) is 7.67. The van der Waals surface area contributed by atoms with Gasteiger partial charge in [0, 0.05) is 52.7 Å². The Balaban J connectivity index is 1.76. The molecule has 0 spiro atoms. The number of hydrogen-bond donors (Lipinski definition) is 1. The third-order valence-electron chi connectivity index (χ3n) is 5.76. The predicted octanol–water partition coefficient (Wildman–Crippen LogP) is 2.12. The Labute approximate surface area is 185 Å². The third-order valence-corrected chi connectivity index (χ3v) is 5.76. The van der Waals surface area contributed by atoms with E-state index in [-0.39, 0.29) is 6.04 Å². The first kappa shape index (κ1) is 23.0. The lowest BCUT2D eigenvalue weighted by Gasteiger charge is -2.36. The second-order valence-corrected chi connectivity index (χ2v) is 7.67. The molecule has 1 N–H and O–H groups in total. The lowest BCUT2D eigenvalue weighted by Crippen LogP contribution is -2.46. The van der Waals surface area contributed by atoms with Gasteiger partial charge in [-0.25, -0.2) is 0 Å². The van der Waals surface area contributed by atoms with E-state index in [0.29, 0.717) is 0 Å². The molecule has 3 rings (SSSR count). The minimum atomic E-state index is 0.156. The highest BCUT2D eigenvalue weighted by Crippen LogP contribution is 2.32. The minimum Gasteiger partial charge on any atom is -0.493 e. The summed E-state index contributed by atoms with van der Waals surface area (Å²) in [6.07, 6.45) is 2.06. The molecule has 2 aromatic rings. The smallest absolute Gasteiger partial charge is 0.193 e. The molecule has 1 aliphatic rings. The summed E-state index contributed by atoms with van der Waals surface area (Å²) in [4.78, 5) is 9.09. The number of ether oxygens (including phenoxy) is 3. The predicted molar refractivity (Wildman–Crippen MR) is 123 cm³/mol. The van der Waals surface area contributed by atoms with E-state index in [1.807, 2.05) is 13.1 Å². The highest BCUT2D eigenvalue weighted by Gasteiger charge is 2.24. The number of nitrogens with zero attached hydrogens (tertiary/aromatic N) is 4. The molecule has 1 aromatic carbocycles. The van der Waals surface area contributed by atoms with Crippen molar-refractivity contribution in [3.8, 4) is 11.5 Å². The molecule has 31 heavy (non-hydrogen) atoms. The van der Waals surface area contributed by atoms with Crippen LogP contribution in [-0.4, -0.2) is 81.5 Å². The van der Waals surface area contributed by atoms with Crippen molar-refractivity contribution in [3.63, 3.8) is 0 Å². The number of benzene rings is 1. The Hall–Kier alpha value is -2.71. The molecule has 1 aliphatic heterocycles. The normalized spacial score (nSPS) is 16.1. The number of aryl methyl sites for hydroxylation is 1. The summed E-state index contributed by atoms with van der Waals surface area (Å²) < 4.78 is 18.7. The number of methoxy groups -OCH3 is 2. The van der Waals surface area contributed by atoms with E-state index >= 15 is 0 Å². The van der Waals surface area contributed by atoms with Gasteiger partial charge in [-0.2, -0.15) is 0 Å². The van der Waals surface area contributed by atoms with Crippen molar-refractivity contribution in [2.45, 2.75) is 12.6 Å². The number of nitrogens with one attached hydrogen (secondary N) is 1. The van der Waals surface area contributed by atoms with Crippen LogP contribution in [0.15, 0.2) is 41.5 Å². The van der Waals surface area contributed by atoms with Crippen LogP contribution < -0.4 is 14.8 Å². The van der Waals surface area contributed by atoms with E-state index in [4.69, 9.17) is 14.2 Å². The fraction of sp³-hybridized carbons (Fsp3) is 0.522. The van der Waals surface area contributed by atoms with Gasteiger partial charge in [-0.1, -0.05) is 6.07 Å². The van der Waals surface area contributed by atoms with Gasteiger partial charge in [0.2, 0.25) is 0 Å². The Morgan fingerprint density at radius 1 is 1.19 bits per heavy atom.